The summed E-state index contributed by atoms with van der Waals surface area (Å²) in [7, 11) is 4.18. The number of pyridine rings is 1. The van der Waals surface area contributed by atoms with Crippen molar-refractivity contribution in [2.75, 3.05) is 27.2 Å². The molecule has 2 atom stereocenters. The van der Waals surface area contributed by atoms with Gasteiger partial charge in [0.1, 0.15) is 6.07 Å². The molecular formula is C15H19N7. The number of hydrogen-bond donors (Lipinski definition) is 0. The van der Waals surface area contributed by atoms with Crippen molar-refractivity contribution in [1.82, 2.24) is 29.8 Å². The van der Waals surface area contributed by atoms with Gasteiger partial charge in [-0.3, -0.25) is 9.88 Å². The lowest BCUT2D eigenvalue weighted by Crippen LogP contribution is -2.36. The summed E-state index contributed by atoms with van der Waals surface area (Å²) >= 11 is 0. The molecule has 0 N–H and O–H groups in total. The molecule has 3 rings (SSSR count). The van der Waals surface area contributed by atoms with Gasteiger partial charge in [-0.15, -0.1) is 5.10 Å². The van der Waals surface area contributed by atoms with Crippen LogP contribution in [0.15, 0.2) is 30.9 Å². The predicted molar refractivity (Wildman–Crippen MR) is 80.8 cm³/mol. The van der Waals surface area contributed by atoms with Crippen molar-refractivity contribution in [2.45, 2.75) is 18.6 Å². The highest BCUT2D eigenvalue weighted by molar-refractivity contribution is 5.34. The van der Waals surface area contributed by atoms with Crippen molar-refractivity contribution in [3.8, 4) is 6.07 Å². The molecule has 1 aliphatic rings. The van der Waals surface area contributed by atoms with E-state index in [0.29, 0.717) is 11.6 Å². The first-order valence-electron chi connectivity index (χ1n) is 7.26. The molecular weight excluding hydrogens is 278 g/mol. The third-order valence-electron chi connectivity index (χ3n) is 4.20. The van der Waals surface area contributed by atoms with Crippen molar-refractivity contribution in [3.63, 3.8) is 0 Å². The summed E-state index contributed by atoms with van der Waals surface area (Å²) in [5.41, 5.74) is 1.67. The SMILES string of the molecule is CN(C)[C@@H]1CN(Cc2ccncc2C#N)C[C@@H]1n1ccnn1. The number of nitrogens with zero attached hydrogens (tertiary/aromatic N) is 7. The van der Waals surface area contributed by atoms with Gasteiger partial charge in [-0.25, -0.2) is 4.68 Å². The van der Waals surface area contributed by atoms with Crippen molar-refractivity contribution in [2.24, 2.45) is 0 Å². The van der Waals surface area contributed by atoms with Crippen LogP contribution in [0, 0.1) is 11.3 Å². The molecule has 0 spiro atoms. The number of rotatable bonds is 4. The average Bonchev–Trinajstić information content (AvgIpc) is 3.16. The Balaban J connectivity index is 1.78. The molecule has 0 amide bonds. The third kappa shape index (κ3) is 2.84. The molecule has 0 unspecified atom stereocenters. The maximum atomic E-state index is 9.20. The summed E-state index contributed by atoms with van der Waals surface area (Å²) in [6.45, 7) is 2.57. The normalized spacial score (nSPS) is 22.1. The first kappa shape index (κ1) is 14.6. The molecule has 0 aliphatic carbocycles. The predicted octanol–water partition coefficient (Wildman–Crippen LogP) is 0.532. The van der Waals surface area contributed by atoms with Crippen molar-refractivity contribution < 1.29 is 0 Å². The number of nitriles is 1. The van der Waals surface area contributed by atoms with Gasteiger partial charge in [0.05, 0.1) is 17.8 Å². The Kier molecular flexibility index (Phi) is 4.13. The van der Waals surface area contributed by atoms with E-state index in [1.807, 2.05) is 16.9 Å². The lowest BCUT2D eigenvalue weighted by molar-refractivity contribution is 0.237. The number of likely N-dealkylation sites (N-methyl/N-ethyl adjacent to an activating group) is 1. The van der Waals surface area contributed by atoms with Crippen LogP contribution in [-0.4, -0.2) is 63.0 Å². The fraction of sp³-hybridized carbons (Fsp3) is 0.467. The molecule has 7 nitrogen and oxygen atoms in total. The molecule has 7 heteroatoms. The van der Waals surface area contributed by atoms with Crippen LogP contribution < -0.4 is 0 Å². The van der Waals surface area contributed by atoms with E-state index in [1.54, 1.807) is 18.6 Å². The third-order valence-corrected chi connectivity index (χ3v) is 4.20. The van der Waals surface area contributed by atoms with Crippen LogP contribution >= 0.6 is 0 Å². The monoisotopic (exact) mass is 297 g/mol. The lowest BCUT2D eigenvalue weighted by atomic mass is 10.1. The summed E-state index contributed by atoms with van der Waals surface area (Å²) < 4.78 is 1.93. The van der Waals surface area contributed by atoms with E-state index < -0.39 is 0 Å². The second-order valence-corrected chi connectivity index (χ2v) is 5.82. The Bertz CT molecular complexity index is 659. The van der Waals surface area contributed by atoms with E-state index in [0.717, 1.165) is 25.2 Å². The van der Waals surface area contributed by atoms with Crippen molar-refractivity contribution in [3.05, 3.63) is 42.0 Å². The van der Waals surface area contributed by atoms with Crippen LogP contribution in [0.4, 0.5) is 0 Å². The maximum Gasteiger partial charge on any atom is 0.101 e. The van der Waals surface area contributed by atoms with Gasteiger partial charge >= 0.3 is 0 Å². The molecule has 22 heavy (non-hydrogen) atoms. The molecule has 1 saturated heterocycles. The zero-order valence-electron chi connectivity index (χ0n) is 12.8. The molecule has 1 fully saturated rings. The van der Waals surface area contributed by atoms with Crippen molar-refractivity contribution in [1.29, 1.82) is 5.26 Å². The highest BCUT2D eigenvalue weighted by atomic mass is 15.5. The van der Waals surface area contributed by atoms with Gasteiger partial charge in [-0.2, -0.15) is 5.26 Å². The molecule has 0 saturated carbocycles. The highest BCUT2D eigenvalue weighted by Gasteiger charge is 2.36. The van der Waals surface area contributed by atoms with Crippen LogP contribution in [0.3, 0.4) is 0 Å². The summed E-state index contributed by atoms with van der Waals surface area (Å²) in [6.07, 6.45) is 7.00. The van der Waals surface area contributed by atoms with E-state index in [9.17, 15) is 5.26 Å². The number of likely N-dealkylation sites (tertiary alicyclic amines) is 1. The van der Waals surface area contributed by atoms with Crippen LogP contribution in [-0.2, 0) is 6.54 Å². The Morgan fingerprint density at radius 1 is 1.36 bits per heavy atom. The van der Waals surface area contributed by atoms with Gasteiger partial charge in [0.25, 0.3) is 0 Å². The smallest absolute Gasteiger partial charge is 0.101 e. The zero-order chi connectivity index (χ0) is 15.5. The summed E-state index contributed by atoms with van der Waals surface area (Å²) in [6, 6.07) is 4.78. The van der Waals surface area contributed by atoms with Crippen LogP contribution in [0.25, 0.3) is 0 Å². The van der Waals surface area contributed by atoms with Crippen LogP contribution in [0.5, 0.6) is 0 Å². The van der Waals surface area contributed by atoms with E-state index >= 15 is 0 Å². The quantitative estimate of drug-likeness (QED) is 0.819. The second kappa shape index (κ2) is 6.22. The second-order valence-electron chi connectivity index (χ2n) is 5.82. The first-order chi connectivity index (χ1) is 10.7. The number of aromatic nitrogens is 4. The van der Waals surface area contributed by atoms with Gasteiger partial charge < -0.3 is 4.90 Å². The minimum Gasteiger partial charge on any atom is -0.303 e. The van der Waals surface area contributed by atoms with Crippen molar-refractivity contribution >= 4 is 0 Å². The van der Waals surface area contributed by atoms with E-state index in [4.69, 9.17) is 0 Å². The Morgan fingerprint density at radius 3 is 2.91 bits per heavy atom. The topological polar surface area (TPSA) is 73.9 Å². The summed E-state index contributed by atoms with van der Waals surface area (Å²) in [4.78, 5) is 8.60. The standard InChI is InChI=1S/C15H19N7/c1-20(2)14-10-21(11-15(14)22-6-5-18-19-22)9-12-3-4-17-8-13(12)7-16/h3-6,8,14-15H,9-11H2,1-2H3/t14-,15+/m1/s1. The molecule has 0 aromatic carbocycles. The van der Waals surface area contributed by atoms with Gasteiger partial charge in [0, 0.05) is 44.3 Å². The molecule has 0 bridgehead atoms. The molecule has 0 radical (unpaired) electrons. The molecule has 2 aromatic rings. The highest BCUT2D eigenvalue weighted by Crippen LogP contribution is 2.26. The average molecular weight is 297 g/mol. The molecule has 114 valence electrons. The minimum absolute atomic E-state index is 0.268. The van der Waals surface area contributed by atoms with Gasteiger partial charge in [-0.05, 0) is 25.7 Å². The molecule has 2 aromatic heterocycles. The summed E-state index contributed by atoms with van der Waals surface area (Å²) in [5.74, 6) is 0. The fourth-order valence-corrected chi connectivity index (χ4v) is 3.04. The van der Waals surface area contributed by atoms with Crippen LogP contribution in [0.1, 0.15) is 17.2 Å². The van der Waals surface area contributed by atoms with Gasteiger partial charge in [0.2, 0.25) is 0 Å². The Hall–Kier alpha value is -2.30. The molecule has 3 heterocycles. The largest absolute Gasteiger partial charge is 0.303 e. The molecule has 1 aliphatic heterocycles. The van der Waals surface area contributed by atoms with Gasteiger partial charge in [0.15, 0.2) is 0 Å². The Morgan fingerprint density at radius 2 is 2.23 bits per heavy atom. The minimum atomic E-state index is 0.268. The lowest BCUT2D eigenvalue weighted by Gasteiger charge is -2.24. The Labute approximate surface area is 129 Å². The van der Waals surface area contributed by atoms with E-state index in [1.165, 1.54) is 0 Å². The van der Waals surface area contributed by atoms with E-state index in [2.05, 4.69) is 45.3 Å². The summed E-state index contributed by atoms with van der Waals surface area (Å²) in [5, 5.41) is 17.3. The fourth-order valence-electron chi connectivity index (χ4n) is 3.04. The maximum absolute atomic E-state index is 9.20. The first-order valence-corrected chi connectivity index (χ1v) is 7.26. The zero-order valence-corrected chi connectivity index (χ0v) is 12.8. The van der Waals surface area contributed by atoms with E-state index in [-0.39, 0.29) is 6.04 Å². The van der Waals surface area contributed by atoms with Crippen LogP contribution in [0.2, 0.25) is 0 Å². The number of hydrogen-bond acceptors (Lipinski definition) is 6. The van der Waals surface area contributed by atoms with Gasteiger partial charge in [-0.1, -0.05) is 5.21 Å².